The van der Waals surface area contributed by atoms with Gasteiger partial charge in [0.05, 0.1) is 22.7 Å². The molecule has 0 aliphatic heterocycles. The van der Waals surface area contributed by atoms with Crippen LogP contribution < -0.4 is 9.80 Å². The molecule has 2 atom stereocenters. The van der Waals surface area contributed by atoms with Crippen LogP contribution >= 0.6 is 0 Å². The topological polar surface area (TPSA) is 6.48 Å². The number of hydrogen-bond acceptors (Lipinski definition) is 2. The van der Waals surface area contributed by atoms with Gasteiger partial charge in [0.25, 0.3) is 0 Å². The van der Waals surface area contributed by atoms with Crippen LogP contribution in [-0.4, -0.2) is 0 Å². The minimum absolute atomic E-state index is 0.0528. The van der Waals surface area contributed by atoms with Crippen LogP contribution in [-0.2, 0) is 5.41 Å². The summed E-state index contributed by atoms with van der Waals surface area (Å²) in [4.78, 5) is 5.32. The van der Waals surface area contributed by atoms with Crippen molar-refractivity contribution in [1.29, 1.82) is 0 Å². The zero-order valence-electron chi connectivity index (χ0n) is 48.6. The number of benzene rings is 12. The summed E-state index contributed by atoms with van der Waals surface area (Å²) in [5.74, 6) is 0.298. The Labute approximate surface area is 495 Å². The van der Waals surface area contributed by atoms with Crippen LogP contribution in [0.15, 0.2) is 296 Å². The van der Waals surface area contributed by atoms with Gasteiger partial charge in [-0.25, -0.2) is 0 Å². The van der Waals surface area contributed by atoms with Gasteiger partial charge in [-0.15, -0.1) is 0 Å². The Morgan fingerprint density at radius 3 is 1.49 bits per heavy atom. The van der Waals surface area contributed by atoms with Crippen LogP contribution in [0.1, 0.15) is 74.6 Å². The van der Waals surface area contributed by atoms with Crippen LogP contribution in [0.5, 0.6) is 0 Å². The highest BCUT2D eigenvalue weighted by atomic mass is 15.2. The molecular formula is C82H68N2. The van der Waals surface area contributed by atoms with Gasteiger partial charge in [-0.05, 0) is 139 Å². The van der Waals surface area contributed by atoms with E-state index in [1.807, 2.05) is 0 Å². The van der Waals surface area contributed by atoms with Crippen molar-refractivity contribution in [3.8, 4) is 44.5 Å². The van der Waals surface area contributed by atoms with Crippen molar-refractivity contribution < 1.29 is 0 Å². The van der Waals surface area contributed by atoms with Gasteiger partial charge in [-0.2, -0.15) is 0 Å². The summed E-state index contributed by atoms with van der Waals surface area (Å²) in [6.45, 7) is 11.6. The molecule has 0 spiro atoms. The fourth-order valence-electron chi connectivity index (χ4n) is 13.2. The van der Waals surface area contributed by atoms with Crippen molar-refractivity contribution >= 4 is 60.8 Å². The molecular weight excluding hydrogens is 1010 g/mol. The highest BCUT2D eigenvalue weighted by Crippen LogP contribution is 2.55. The molecule has 12 aromatic rings. The Morgan fingerprint density at radius 2 is 0.917 bits per heavy atom. The molecule has 2 aliphatic carbocycles. The second-order valence-corrected chi connectivity index (χ2v) is 24.1. The third kappa shape index (κ3) is 9.72. The number of allylic oxidation sites excluding steroid dienone is 7. The van der Waals surface area contributed by atoms with E-state index in [9.17, 15) is 0 Å². The van der Waals surface area contributed by atoms with Gasteiger partial charge in [-0.3, -0.25) is 0 Å². The largest absolute Gasteiger partial charge is 0.309 e. The summed E-state index contributed by atoms with van der Waals surface area (Å²) < 4.78 is 0. The smallest absolute Gasteiger partial charge is 0.0561 e. The number of rotatable bonds is 12. The number of anilines is 5. The van der Waals surface area contributed by atoms with Crippen LogP contribution in [0, 0.1) is 6.92 Å². The second kappa shape index (κ2) is 21.9. The average molecular weight is 1080 g/mol. The van der Waals surface area contributed by atoms with E-state index in [-0.39, 0.29) is 17.3 Å². The first-order valence-corrected chi connectivity index (χ1v) is 29.9. The van der Waals surface area contributed by atoms with E-state index in [0.717, 1.165) is 58.0 Å². The standard InChI is InChI=1S/C82H68N2/c1-55-36-38-63(57-24-12-6-13-25-57)50-74(55)83(76-52-65(59-28-16-8-17-29-59)40-44-70(76)61-32-20-10-21-33-61)78-54-79(73-47-43-68-49-69(82(3,4)5)48-67-42-46-72(78)81(73)80(67)68)84(75-51-64(39-37-56(75)2)58-26-14-7-15-27-58)77-53-66(60-30-18-9-19-31-60)41-45-71(77)62-34-22-11-23-35-62/h6-34,36-37,39-54,62-63H,35,38H2,1-5H3. The molecule has 12 aromatic carbocycles. The molecule has 2 aliphatic rings. The lowest BCUT2D eigenvalue weighted by atomic mass is 9.82. The zero-order chi connectivity index (χ0) is 56.9. The summed E-state index contributed by atoms with van der Waals surface area (Å²) in [5.41, 5.74) is 22.5. The lowest BCUT2D eigenvalue weighted by Gasteiger charge is -2.37. The molecule has 0 saturated heterocycles. The first kappa shape index (κ1) is 52.3. The van der Waals surface area contributed by atoms with Crippen LogP contribution in [0.25, 0.3) is 76.8 Å². The predicted octanol–water partition coefficient (Wildman–Crippen LogP) is 23.1. The number of nitrogens with zero attached hydrogens (tertiary/aromatic N) is 2. The molecule has 2 nitrogen and oxygen atoms in total. The molecule has 0 fully saturated rings. The molecule has 0 amide bonds. The molecule has 0 N–H and O–H groups in total. The van der Waals surface area contributed by atoms with Crippen LogP contribution in [0.2, 0.25) is 0 Å². The van der Waals surface area contributed by atoms with Crippen molar-refractivity contribution in [1.82, 2.24) is 0 Å². The summed E-state index contributed by atoms with van der Waals surface area (Å²) in [6, 6.07) is 93.4. The van der Waals surface area contributed by atoms with E-state index in [4.69, 9.17) is 0 Å². The van der Waals surface area contributed by atoms with Gasteiger partial charge in [0, 0.05) is 44.9 Å². The van der Waals surface area contributed by atoms with Gasteiger partial charge in [0.2, 0.25) is 0 Å². The molecule has 0 heterocycles. The summed E-state index contributed by atoms with van der Waals surface area (Å²) >= 11 is 0. The first-order chi connectivity index (χ1) is 41.1. The first-order valence-electron chi connectivity index (χ1n) is 29.9. The second-order valence-electron chi connectivity index (χ2n) is 24.1. The van der Waals surface area contributed by atoms with Gasteiger partial charge < -0.3 is 9.80 Å². The van der Waals surface area contributed by atoms with Gasteiger partial charge in [-0.1, -0.05) is 282 Å². The molecule has 0 aromatic heterocycles. The Kier molecular flexibility index (Phi) is 13.6. The fourth-order valence-corrected chi connectivity index (χ4v) is 13.2. The van der Waals surface area contributed by atoms with Crippen LogP contribution in [0.3, 0.4) is 0 Å². The van der Waals surface area contributed by atoms with E-state index < -0.39 is 0 Å². The zero-order valence-corrected chi connectivity index (χ0v) is 48.6. The quantitative estimate of drug-likeness (QED) is 0.113. The molecule has 0 bridgehead atoms. The van der Waals surface area contributed by atoms with Crippen molar-refractivity contribution in [3.63, 3.8) is 0 Å². The lowest BCUT2D eigenvalue weighted by molar-refractivity contribution is 0.591. The van der Waals surface area contributed by atoms with Crippen molar-refractivity contribution in [3.05, 3.63) is 319 Å². The normalized spacial score (nSPS) is 15.2. The minimum Gasteiger partial charge on any atom is -0.309 e. The maximum absolute atomic E-state index is 2.66. The maximum Gasteiger partial charge on any atom is 0.0561 e. The molecule has 84 heavy (non-hydrogen) atoms. The Hall–Kier alpha value is -9.76. The van der Waals surface area contributed by atoms with Crippen molar-refractivity contribution in [2.75, 3.05) is 9.80 Å². The van der Waals surface area contributed by atoms with Crippen molar-refractivity contribution in [2.45, 2.75) is 64.7 Å². The van der Waals surface area contributed by atoms with E-state index in [1.54, 1.807) is 0 Å². The highest BCUT2D eigenvalue weighted by molar-refractivity contribution is 6.29. The van der Waals surface area contributed by atoms with E-state index >= 15 is 0 Å². The van der Waals surface area contributed by atoms with E-state index in [0.29, 0.717) is 0 Å². The monoisotopic (exact) mass is 1080 g/mol. The minimum atomic E-state index is -0.0528. The molecule has 2 heteroatoms. The fraction of sp³-hybridized carbons (Fsp3) is 0.122. The van der Waals surface area contributed by atoms with Gasteiger partial charge in [0.1, 0.15) is 0 Å². The molecule has 406 valence electrons. The third-order valence-corrected chi connectivity index (χ3v) is 17.7. The summed E-state index contributed by atoms with van der Waals surface area (Å²) in [6.07, 6.45) is 16.0. The van der Waals surface area contributed by atoms with Crippen molar-refractivity contribution in [2.24, 2.45) is 0 Å². The third-order valence-electron chi connectivity index (χ3n) is 17.7. The molecule has 14 rings (SSSR count). The molecule has 2 unspecified atom stereocenters. The Morgan fingerprint density at radius 1 is 0.393 bits per heavy atom. The Bertz CT molecular complexity index is 4500. The Balaban J connectivity index is 1.16. The molecule has 0 radical (unpaired) electrons. The van der Waals surface area contributed by atoms with Gasteiger partial charge >= 0.3 is 0 Å². The summed E-state index contributed by atoms with van der Waals surface area (Å²) in [7, 11) is 0. The average Bonchev–Trinajstić information content (AvgIpc) is 2.62. The van der Waals surface area contributed by atoms with Gasteiger partial charge in [0.15, 0.2) is 0 Å². The molecule has 0 saturated carbocycles. The summed E-state index contributed by atoms with van der Waals surface area (Å²) in [5, 5.41) is 7.43. The lowest BCUT2D eigenvalue weighted by Crippen LogP contribution is -2.22. The number of hydrogen-bond donors (Lipinski definition) is 0. The van der Waals surface area contributed by atoms with E-state index in [1.165, 1.54) is 93.7 Å². The highest BCUT2D eigenvalue weighted by Gasteiger charge is 2.32. The maximum atomic E-state index is 2.66. The van der Waals surface area contributed by atoms with Crippen LogP contribution in [0.4, 0.5) is 28.4 Å². The predicted molar refractivity (Wildman–Crippen MR) is 360 cm³/mol. The van der Waals surface area contributed by atoms with E-state index in [2.05, 4.69) is 330 Å². The number of aryl methyl sites for hydroxylation is 1. The SMILES string of the molecule is CC1=CCC(c2ccccc2)C=C1N(c1cc(-c2ccccc2)ccc1-c1ccccc1)c1cc(N(c2cc(-c3ccccc3)ccc2C)c2cc(-c3ccccc3)ccc2C2C=CC=CC2)c2ccc3cc(C(C)(C)C)cc4ccc1c2c43.